The highest BCUT2D eigenvalue weighted by molar-refractivity contribution is 7.16. The van der Waals surface area contributed by atoms with Crippen LogP contribution in [0.4, 0.5) is 0 Å². The van der Waals surface area contributed by atoms with Crippen LogP contribution in [0.15, 0.2) is 30.3 Å². The van der Waals surface area contributed by atoms with Crippen LogP contribution >= 0.6 is 34.5 Å². The smallest absolute Gasteiger partial charge is 0.113 e. The van der Waals surface area contributed by atoms with Crippen molar-refractivity contribution in [2.24, 2.45) is 0 Å². The molecule has 0 amide bonds. The summed E-state index contributed by atoms with van der Waals surface area (Å²) in [7, 11) is 0. The standard InChI is InChI=1S/C12H10Cl2OS/c1-7-6-8(2-3-9(7)13)12(15)10-4-5-11(14)16-10/h2-6,12,15H,1H3. The third-order valence-corrected chi connectivity index (χ3v) is 4.07. The maximum absolute atomic E-state index is 10.1. The number of hydrogen-bond donors (Lipinski definition) is 1. The maximum Gasteiger partial charge on any atom is 0.113 e. The largest absolute Gasteiger partial charge is 0.383 e. The van der Waals surface area contributed by atoms with E-state index in [4.69, 9.17) is 23.2 Å². The van der Waals surface area contributed by atoms with E-state index < -0.39 is 6.10 Å². The summed E-state index contributed by atoms with van der Waals surface area (Å²) in [5.41, 5.74) is 1.79. The summed E-state index contributed by atoms with van der Waals surface area (Å²) in [5.74, 6) is 0. The lowest BCUT2D eigenvalue weighted by atomic mass is 10.1. The molecule has 0 radical (unpaired) electrons. The lowest BCUT2D eigenvalue weighted by Crippen LogP contribution is -1.97. The van der Waals surface area contributed by atoms with Crippen LogP contribution in [-0.4, -0.2) is 5.11 Å². The van der Waals surface area contributed by atoms with Gasteiger partial charge in [0.15, 0.2) is 0 Å². The first kappa shape index (κ1) is 11.9. The summed E-state index contributed by atoms with van der Waals surface area (Å²) in [6, 6.07) is 9.13. The molecule has 2 aromatic rings. The summed E-state index contributed by atoms with van der Waals surface area (Å²) in [6.07, 6.45) is -0.631. The van der Waals surface area contributed by atoms with Gasteiger partial charge in [-0.25, -0.2) is 0 Å². The van der Waals surface area contributed by atoms with Gasteiger partial charge in [0, 0.05) is 9.90 Å². The minimum absolute atomic E-state index is 0.631. The van der Waals surface area contributed by atoms with Crippen LogP contribution < -0.4 is 0 Å². The van der Waals surface area contributed by atoms with Crippen molar-refractivity contribution in [3.8, 4) is 0 Å². The van der Waals surface area contributed by atoms with Crippen molar-refractivity contribution in [1.29, 1.82) is 0 Å². The van der Waals surface area contributed by atoms with Gasteiger partial charge in [0.25, 0.3) is 0 Å². The van der Waals surface area contributed by atoms with Gasteiger partial charge < -0.3 is 5.11 Å². The average molecular weight is 273 g/mol. The molecule has 1 aromatic carbocycles. The molecule has 1 heterocycles. The number of aliphatic hydroxyl groups excluding tert-OH is 1. The molecular formula is C12H10Cl2OS. The molecule has 0 saturated heterocycles. The fraction of sp³-hybridized carbons (Fsp3) is 0.167. The van der Waals surface area contributed by atoms with Crippen molar-refractivity contribution in [1.82, 2.24) is 0 Å². The predicted molar refractivity (Wildman–Crippen MR) is 69.6 cm³/mol. The Hall–Kier alpha value is -0.540. The molecule has 0 fully saturated rings. The van der Waals surface area contributed by atoms with E-state index in [-0.39, 0.29) is 0 Å². The monoisotopic (exact) mass is 272 g/mol. The van der Waals surface area contributed by atoms with Crippen molar-refractivity contribution in [2.75, 3.05) is 0 Å². The van der Waals surface area contributed by atoms with Crippen molar-refractivity contribution < 1.29 is 5.11 Å². The Morgan fingerprint density at radius 1 is 1.19 bits per heavy atom. The number of rotatable bonds is 2. The van der Waals surface area contributed by atoms with E-state index >= 15 is 0 Å². The van der Waals surface area contributed by atoms with Crippen molar-refractivity contribution in [3.05, 3.63) is 55.7 Å². The third kappa shape index (κ3) is 2.41. The van der Waals surface area contributed by atoms with Crippen LogP contribution in [0.1, 0.15) is 22.1 Å². The first-order valence-electron chi connectivity index (χ1n) is 4.77. The topological polar surface area (TPSA) is 20.2 Å². The van der Waals surface area contributed by atoms with Crippen LogP contribution in [0.5, 0.6) is 0 Å². The van der Waals surface area contributed by atoms with Crippen LogP contribution in [0, 0.1) is 6.92 Å². The molecule has 1 aromatic heterocycles. The van der Waals surface area contributed by atoms with E-state index in [1.807, 2.05) is 25.1 Å². The normalized spacial score (nSPS) is 12.8. The van der Waals surface area contributed by atoms with Crippen LogP contribution in [-0.2, 0) is 0 Å². The minimum atomic E-state index is -0.631. The van der Waals surface area contributed by atoms with Gasteiger partial charge in [-0.2, -0.15) is 0 Å². The fourth-order valence-electron chi connectivity index (χ4n) is 1.48. The summed E-state index contributed by atoms with van der Waals surface area (Å²) in [6.45, 7) is 1.92. The van der Waals surface area contributed by atoms with Crippen LogP contribution in [0.3, 0.4) is 0 Å². The summed E-state index contributed by atoms with van der Waals surface area (Å²) in [5, 5.41) is 10.8. The molecule has 1 unspecified atom stereocenters. The van der Waals surface area contributed by atoms with E-state index in [0.29, 0.717) is 9.36 Å². The van der Waals surface area contributed by atoms with E-state index in [2.05, 4.69) is 0 Å². The van der Waals surface area contributed by atoms with Gasteiger partial charge in [-0.1, -0.05) is 35.3 Å². The number of thiophene rings is 1. The highest BCUT2D eigenvalue weighted by Crippen LogP contribution is 2.32. The lowest BCUT2D eigenvalue weighted by molar-refractivity contribution is 0.224. The van der Waals surface area contributed by atoms with Crippen LogP contribution in [0.25, 0.3) is 0 Å². The Morgan fingerprint density at radius 3 is 2.50 bits per heavy atom. The summed E-state index contributed by atoms with van der Waals surface area (Å²) < 4.78 is 0.680. The first-order valence-corrected chi connectivity index (χ1v) is 6.34. The zero-order chi connectivity index (χ0) is 11.7. The van der Waals surface area contributed by atoms with Gasteiger partial charge in [0.2, 0.25) is 0 Å². The van der Waals surface area contributed by atoms with E-state index in [1.165, 1.54) is 11.3 Å². The Labute approximate surface area is 108 Å². The molecule has 16 heavy (non-hydrogen) atoms. The molecule has 84 valence electrons. The molecule has 4 heteroatoms. The Bertz CT molecular complexity index is 507. The second-order valence-corrected chi connectivity index (χ2v) is 5.71. The average Bonchev–Trinajstić information content (AvgIpc) is 2.68. The molecule has 0 aliphatic carbocycles. The van der Waals surface area contributed by atoms with Crippen molar-refractivity contribution in [3.63, 3.8) is 0 Å². The predicted octanol–water partition coefficient (Wildman–Crippen LogP) is 4.45. The lowest BCUT2D eigenvalue weighted by Gasteiger charge is -2.10. The van der Waals surface area contributed by atoms with Gasteiger partial charge in [-0.3, -0.25) is 0 Å². The van der Waals surface area contributed by atoms with Crippen LogP contribution in [0.2, 0.25) is 9.36 Å². The van der Waals surface area contributed by atoms with Gasteiger partial charge in [-0.15, -0.1) is 11.3 Å². The number of aliphatic hydroxyl groups is 1. The van der Waals surface area contributed by atoms with Crippen molar-refractivity contribution >= 4 is 34.5 Å². The minimum Gasteiger partial charge on any atom is -0.383 e. The number of hydrogen-bond acceptors (Lipinski definition) is 2. The van der Waals surface area contributed by atoms with Gasteiger partial charge in [-0.05, 0) is 36.2 Å². The molecule has 1 atom stereocenters. The molecule has 0 bridgehead atoms. The van der Waals surface area contributed by atoms with Gasteiger partial charge >= 0.3 is 0 Å². The third-order valence-electron chi connectivity index (χ3n) is 2.36. The van der Waals surface area contributed by atoms with E-state index in [1.54, 1.807) is 12.1 Å². The Kier molecular flexibility index (Phi) is 3.55. The molecule has 0 aliphatic rings. The molecular weight excluding hydrogens is 263 g/mol. The molecule has 0 saturated carbocycles. The maximum atomic E-state index is 10.1. The van der Waals surface area contributed by atoms with E-state index in [9.17, 15) is 5.11 Å². The van der Waals surface area contributed by atoms with Crippen molar-refractivity contribution in [2.45, 2.75) is 13.0 Å². The number of halogens is 2. The zero-order valence-electron chi connectivity index (χ0n) is 8.58. The van der Waals surface area contributed by atoms with E-state index in [0.717, 1.165) is 16.0 Å². The first-order chi connectivity index (χ1) is 7.58. The quantitative estimate of drug-likeness (QED) is 0.857. The Balaban J connectivity index is 2.33. The molecule has 1 N–H and O–H groups in total. The molecule has 0 spiro atoms. The summed E-state index contributed by atoms with van der Waals surface area (Å²) in [4.78, 5) is 0.840. The molecule has 1 nitrogen and oxygen atoms in total. The molecule has 0 aliphatic heterocycles. The second-order valence-electron chi connectivity index (χ2n) is 3.55. The molecule has 2 rings (SSSR count). The zero-order valence-corrected chi connectivity index (χ0v) is 10.9. The SMILES string of the molecule is Cc1cc(C(O)c2ccc(Cl)s2)ccc1Cl. The highest BCUT2D eigenvalue weighted by atomic mass is 35.5. The second kappa shape index (κ2) is 4.76. The summed E-state index contributed by atoms with van der Waals surface area (Å²) >= 11 is 13.2. The van der Waals surface area contributed by atoms with Gasteiger partial charge in [0.1, 0.15) is 6.10 Å². The Morgan fingerprint density at radius 2 is 1.94 bits per heavy atom. The van der Waals surface area contributed by atoms with Gasteiger partial charge in [0.05, 0.1) is 4.34 Å². The number of aryl methyl sites for hydroxylation is 1. The number of benzene rings is 1. The fourth-order valence-corrected chi connectivity index (χ4v) is 2.67. The highest BCUT2D eigenvalue weighted by Gasteiger charge is 2.13.